The summed E-state index contributed by atoms with van der Waals surface area (Å²) in [6.45, 7) is 8.33. The van der Waals surface area contributed by atoms with Gasteiger partial charge in [0, 0.05) is 31.1 Å². The van der Waals surface area contributed by atoms with E-state index in [1.54, 1.807) is 0 Å². The van der Waals surface area contributed by atoms with E-state index in [0.717, 1.165) is 42.5 Å². The maximum atomic E-state index is 13.1. The van der Waals surface area contributed by atoms with Crippen molar-refractivity contribution in [1.29, 1.82) is 0 Å². The van der Waals surface area contributed by atoms with Crippen LogP contribution in [0.4, 0.5) is 0 Å². The number of hydrogen-bond acceptors (Lipinski definition) is 5. The zero-order valence-corrected chi connectivity index (χ0v) is 16.6. The van der Waals surface area contributed by atoms with Gasteiger partial charge in [0.15, 0.2) is 0 Å². The van der Waals surface area contributed by atoms with E-state index in [4.69, 9.17) is 4.52 Å². The molecule has 3 heterocycles. The number of aryl methyl sites for hydroxylation is 3. The van der Waals surface area contributed by atoms with Gasteiger partial charge in [-0.05, 0) is 39.0 Å². The highest BCUT2D eigenvalue weighted by molar-refractivity contribution is 5.79. The van der Waals surface area contributed by atoms with Crippen molar-refractivity contribution in [3.8, 4) is 0 Å². The van der Waals surface area contributed by atoms with Gasteiger partial charge < -0.3 is 14.0 Å². The molecule has 2 aromatic rings. The lowest BCUT2D eigenvalue weighted by molar-refractivity contribution is -0.130. The number of carbonyl (C=O) groups excluding carboxylic acids is 1. The maximum Gasteiger partial charge on any atom is 0.227 e. The van der Waals surface area contributed by atoms with E-state index < -0.39 is 0 Å². The SMILES string of the molecule is CCn1cnnc1C1CN(C(=O)Cc2c(C)noc2C)CC12CCCCC2. The molecule has 1 saturated carbocycles. The summed E-state index contributed by atoms with van der Waals surface area (Å²) in [6, 6.07) is 0. The first-order valence-corrected chi connectivity index (χ1v) is 10.1. The van der Waals surface area contributed by atoms with Crippen LogP contribution in [-0.2, 0) is 17.8 Å². The van der Waals surface area contributed by atoms with Crippen molar-refractivity contribution >= 4 is 5.91 Å². The molecule has 0 N–H and O–H groups in total. The number of aromatic nitrogens is 4. The minimum Gasteiger partial charge on any atom is -0.361 e. The first-order valence-electron chi connectivity index (χ1n) is 10.1. The van der Waals surface area contributed by atoms with Crippen molar-refractivity contribution in [3.05, 3.63) is 29.2 Å². The summed E-state index contributed by atoms with van der Waals surface area (Å²) in [5.74, 6) is 2.23. The van der Waals surface area contributed by atoms with E-state index in [-0.39, 0.29) is 17.2 Å². The molecule has 4 rings (SSSR count). The lowest BCUT2D eigenvalue weighted by atomic mass is 9.67. The second kappa shape index (κ2) is 7.09. The van der Waals surface area contributed by atoms with E-state index >= 15 is 0 Å². The summed E-state index contributed by atoms with van der Waals surface area (Å²) in [6.07, 6.45) is 8.30. The van der Waals surface area contributed by atoms with Crippen LogP contribution in [0.3, 0.4) is 0 Å². The molecule has 0 aromatic carbocycles. The molecule has 7 nitrogen and oxygen atoms in total. The van der Waals surface area contributed by atoms with E-state index in [2.05, 4.69) is 31.7 Å². The van der Waals surface area contributed by atoms with Crippen LogP contribution in [-0.4, -0.2) is 43.8 Å². The van der Waals surface area contributed by atoms with E-state index in [1.807, 2.05) is 20.2 Å². The van der Waals surface area contributed by atoms with Gasteiger partial charge in [-0.1, -0.05) is 24.4 Å². The number of carbonyl (C=O) groups is 1. The van der Waals surface area contributed by atoms with Gasteiger partial charge >= 0.3 is 0 Å². The second-order valence-corrected chi connectivity index (χ2v) is 8.20. The Morgan fingerprint density at radius 3 is 2.74 bits per heavy atom. The quantitative estimate of drug-likeness (QED) is 0.826. The van der Waals surface area contributed by atoms with Gasteiger partial charge in [0.25, 0.3) is 0 Å². The third-order valence-corrected chi connectivity index (χ3v) is 6.66. The molecule has 1 amide bonds. The van der Waals surface area contributed by atoms with Crippen LogP contribution >= 0.6 is 0 Å². The van der Waals surface area contributed by atoms with Crippen LogP contribution in [0.1, 0.15) is 67.8 Å². The van der Waals surface area contributed by atoms with Gasteiger partial charge in [-0.25, -0.2) is 0 Å². The van der Waals surface area contributed by atoms with E-state index in [0.29, 0.717) is 6.42 Å². The Morgan fingerprint density at radius 1 is 1.30 bits per heavy atom. The van der Waals surface area contributed by atoms with Crippen molar-refractivity contribution in [2.45, 2.75) is 71.8 Å². The Bertz CT molecular complexity index is 799. The highest BCUT2D eigenvalue weighted by atomic mass is 16.5. The Labute approximate surface area is 160 Å². The molecule has 1 atom stereocenters. The molecule has 7 heteroatoms. The minimum absolute atomic E-state index is 0.145. The lowest BCUT2D eigenvalue weighted by Crippen LogP contribution is -2.35. The number of amides is 1. The first-order chi connectivity index (χ1) is 13.0. The number of likely N-dealkylation sites (tertiary alicyclic amines) is 1. The Kier molecular flexibility index (Phi) is 4.78. The molecule has 1 spiro atoms. The minimum atomic E-state index is 0.145. The van der Waals surface area contributed by atoms with Crippen LogP contribution in [0.5, 0.6) is 0 Å². The Morgan fingerprint density at radius 2 is 2.07 bits per heavy atom. The van der Waals surface area contributed by atoms with Gasteiger partial charge in [0.05, 0.1) is 12.1 Å². The number of rotatable bonds is 4. The Balaban J connectivity index is 1.60. The summed E-state index contributed by atoms with van der Waals surface area (Å²) in [4.78, 5) is 15.2. The largest absolute Gasteiger partial charge is 0.361 e. The van der Waals surface area contributed by atoms with Crippen molar-refractivity contribution < 1.29 is 9.32 Å². The fourth-order valence-electron chi connectivity index (χ4n) is 5.07. The van der Waals surface area contributed by atoms with Crippen LogP contribution < -0.4 is 0 Å². The molecule has 146 valence electrons. The first kappa shape index (κ1) is 18.2. The predicted molar refractivity (Wildman–Crippen MR) is 100 cm³/mol. The third kappa shape index (κ3) is 3.17. The molecule has 0 bridgehead atoms. The maximum absolute atomic E-state index is 13.1. The average molecular weight is 371 g/mol. The summed E-state index contributed by atoms with van der Waals surface area (Å²) in [5, 5.41) is 12.6. The van der Waals surface area contributed by atoms with Crippen LogP contribution in [0.15, 0.2) is 10.9 Å². The summed E-state index contributed by atoms with van der Waals surface area (Å²) < 4.78 is 7.38. The van der Waals surface area contributed by atoms with Gasteiger partial charge in [-0.15, -0.1) is 10.2 Å². The fraction of sp³-hybridized carbons (Fsp3) is 0.700. The molecule has 1 saturated heterocycles. The molecule has 0 radical (unpaired) electrons. The van der Waals surface area contributed by atoms with Gasteiger partial charge in [0.2, 0.25) is 5.91 Å². The van der Waals surface area contributed by atoms with Crippen LogP contribution in [0.25, 0.3) is 0 Å². The Hall–Kier alpha value is -2.18. The van der Waals surface area contributed by atoms with Crippen molar-refractivity contribution in [1.82, 2.24) is 24.8 Å². The third-order valence-electron chi connectivity index (χ3n) is 6.66. The van der Waals surface area contributed by atoms with Crippen molar-refractivity contribution in [3.63, 3.8) is 0 Å². The summed E-state index contributed by atoms with van der Waals surface area (Å²) >= 11 is 0. The fourth-order valence-corrected chi connectivity index (χ4v) is 5.07. The van der Waals surface area contributed by atoms with Crippen molar-refractivity contribution in [2.24, 2.45) is 5.41 Å². The molecular formula is C20H29N5O2. The second-order valence-electron chi connectivity index (χ2n) is 8.20. The zero-order valence-electron chi connectivity index (χ0n) is 16.6. The molecular weight excluding hydrogens is 342 g/mol. The highest BCUT2D eigenvalue weighted by Gasteiger charge is 2.50. The molecule has 1 unspecified atom stereocenters. The van der Waals surface area contributed by atoms with Crippen LogP contribution in [0.2, 0.25) is 0 Å². The normalized spacial score (nSPS) is 21.9. The van der Waals surface area contributed by atoms with Gasteiger partial charge in [-0.2, -0.15) is 0 Å². The average Bonchev–Trinajstić information content (AvgIpc) is 3.36. The zero-order chi connectivity index (χ0) is 19.0. The molecule has 27 heavy (non-hydrogen) atoms. The van der Waals surface area contributed by atoms with E-state index in [1.165, 1.54) is 32.1 Å². The predicted octanol–water partition coefficient (Wildman–Crippen LogP) is 3.02. The van der Waals surface area contributed by atoms with Gasteiger partial charge in [-0.3, -0.25) is 4.79 Å². The summed E-state index contributed by atoms with van der Waals surface area (Å²) in [5.41, 5.74) is 1.89. The van der Waals surface area contributed by atoms with Gasteiger partial charge in [0.1, 0.15) is 17.9 Å². The number of hydrogen-bond donors (Lipinski definition) is 0. The molecule has 2 fully saturated rings. The standard InChI is InChI=1S/C20H29N5O2/c1-4-24-13-21-22-19(24)17-11-25(12-20(17)8-6-5-7-9-20)18(26)10-16-14(2)23-27-15(16)3/h13,17H,4-12H2,1-3H3. The number of nitrogens with zero attached hydrogens (tertiary/aromatic N) is 5. The summed E-state index contributed by atoms with van der Waals surface area (Å²) in [7, 11) is 0. The van der Waals surface area contributed by atoms with E-state index in [9.17, 15) is 4.79 Å². The molecule has 1 aliphatic carbocycles. The molecule has 1 aliphatic heterocycles. The lowest BCUT2D eigenvalue weighted by Gasteiger charge is -2.37. The monoisotopic (exact) mass is 371 g/mol. The topological polar surface area (TPSA) is 77.1 Å². The van der Waals surface area contributed by atoms with Crippen molar-refractivity contribution in [2.75, 3.05) is 13.1 Å². The van der Waals surface area contributed by atoms with Crippen LogP contribution in [0, 0.1) is 19.3 Å². The highest BCUT2D eigenvalue weighted by Crippen LogP contribution is 2.51. The molecule has 2 aromatic heterocycles. The smallest absolute Gasteiger partial charge is 0.227 e. The molecule has 2 aliphatic rings.